The van der Waals surface area contributed by atoms with E-state index in [-0.39, 0.29) is 0 Å². The van der Waals surface area contributed by atoms with Crippen LogP contribution in [-0.4, -0.2) is 24.6 Å². The largest absolute Gasteiger partial charge is 0.350 e. The Morgan fingerprint density at radius 3 is 2.47 bits per heavy atom. The Bertz CT molecular complexity index is 644. The molecule has 0 aliphatic rings. The summed E-state index contributed by atoms with van der Waals surface area (Å²) < 4.78 is 25.0. The van der Waals surface area contributed by atoms with Gasteiger partial charge in [-0.25, -0.2) is 18.4 Å². The molecule has 2 aromatic rings. The molecule has 0 bridgehead atoms. The predicted octanol–water partition coefficient (Wildman–Crippen LogP) is 1.46. The van der Waals surface area contributed by atoms with Gasteiger partial charge >= 0.3 is 0 Å². The van der Waals surface area contributed by atoms with Crippen LogP contribution in [0.4, 0.5) is 11.6 Å². The van der Waals surface area contributed by atoms with E-state index in [0.29, 0.717) is 18.2 Å². The summed E-state index contributed by atoms with van der Waals surface area (Å²) in [5.74, 6) is 0.497. The maximum absolute atomic E-state index is 11.3. The Kier molecular flexibility index (Phi) is 3.96. The fraction of sp³-hybridized carbons (Fsp3) is 0.167. The van der Waals surface area contributed by atoms with Crippen molar-refractivity contribution in [3.05, 3.63) is 48.3 Å². The Morgan fingerprint density at radius 2 is 1.79 bits per heavy atom. The first-order valence-corrected chi connectivity index (χ1v) is 7.50. The van der Waals surface area contributed by atoms with Gasteiger partial charge in [0.1, 0.15) is 0 Å². The van der Waals surface area contributed by atoms with Gasteiger partial charge in [-0.15, -0.1) is 0 Å². The number of nitrogens with zero attached hydrogens (tertiary/aromatic N) is 2. The first kappa shape index (κ1) is 13.3. The number of aromatic nitrogens is 2. The molecule has 0 spiro atoms. The summed E-state index contributed by atoms with van der Waals surface area (Å²) in [5, 5.41) is 3.03. The molecule has 0 unspecified atom stereocenters. The van der Waals surface area contributed by atoms with Crippen molar-refractivity contribution in [3.63, 3.8) is 0 Å². The van der Waals surface area contributed by atoms with Gasteiger partial charge in [-0.1, -0.05) is 18.2 Å². The lowest BCUT2D eigenvalue weighted by atomic mass is 10.2. The van der Waals surface area contributed by atoms with E-state index in [1.165, 1.54) is 0 Å². The summed E-state index contributed by atoms with van der Waals surface area (Å²) in [5.41, 5.74) is 1.37. The van der Waals surface area contributed by atoms with E-state index in [1.54, 1.807) is 30.6 Å². The fourth-order valence-electron chi connectivity index (χ4n) is 1.54. The van der Waals surface area contributed by atoms with E-state index in [4.69, 9.17) is 0 Å². The first-order chi connectivity index (χ1) is 9.04. The third-order valence-corrected chi connectivity index (χ3v) is 2.91. The van der Waals surface area contributed by atoms with Crippen molar-refractivity contribution in [2.75, 3.05) is 16.3 Å². The summed E-state index contributed by atoms with van der Waals surface area (Å²) in [4.78, 5) is 8.07. The second kappa shape index (κ2) is 5.66. The van der Waals surface area contributed by atoms with Gasteiger partial charge < -0.3 is 5.32 Å². The summed E-state index contributed by atoms with van der Waals surface area (Å²) >= 11 is 0. The number of sulfonamides is 1. The number of hydrogen-bond acceptors (Lipinski definition) is 5. The van der Waals surface area contributed by atoms with Crippen LogP contribution in [0.5, 0.6) is 0 Å². The van der Waals surface area contributed by atoms with Crippen molar-refractivity contribution in [2.24, 2.45) is 0 Å². The van der Waals surface area contributed by atoms with Crippen molar-refractivity contribution in [1.82, 2.24) is 9.97 Å². The molecule has 0 saturated carbocycles. The molecule has 100 valence electrons. The molecule has 0 fully saturated rings. The molecular formula is C12H14N4O2S. The Hall–Kier alpha value is -2.15. The molecule has 0 amide bonds. The SMILES string of the molecule is CS(=O)(=O)Nc1ccccc1CNc1ncccn1. The normalized spacial score (nSPS) is 11.0. The summed E-state index contributed by atoms with van der Waals surface area (Å²) in [6.45, 7) is 0.433. The van der Waals surface area contributed by atoms with E-state index < -0.39 is 10.0 Å². The van der Waals surface area contributed by atoms with E-state index >= 15 is 0 Å². The molecule has 2 rings (SSSR count). The maximum Gasteiger partial charge on any atom is 0.229 e. The number of hydrogen-bond donors (Lipinski definition) is 2. The second-order valence-corrected chi connectivity index (χ2v) is 5.71. The van der Waals surface area contributed by atoms with Crippen LogP contribution in [0.15, 0.2) is 42.7 Å². The van der Waals surface area contributed by atoms with Crippen LogP contribution in [0.1, 0.15) is 5.56 Å². The highest BCUT2D eigenvalue weighted by Gasteiger charge is 2.06. The van der Waals surface area contributed by atoms with Gasteiger partial charge in [0.05, 0.1) is 11.9 Å². The van der Waals surface area contributed by atoms with Crippen molar-refractivity contribution < 1.29 is 8.42 Å². The molecule has 1 aromatic carbocycles. The van der Waals surface area contributed by atoms with Gasteiger partial charge in [0.2, 0.25) is 16.0 Å². The van der Waals surface area contributed by atoms with Crippen LogP contribution in [0.2, 0.25) is 0 Å². The Labute approximate surface area is 112 Å². The monoisotopic (exact) mass is 278 g/mol. The average Bonchev–Trinajstić information content (AvgIpc) is 2.37. The third-order valence-electron chi connectivity index (χ3n) is 2.32. The Balaban J connectivity index is 2.12. The number of nitrogens with one attached hydrogen (secondary N) is 2. The molecule has 0 radical (unpaired) electrons. The summed E-state index contributed by atoms with van der Waals surface area (Å²) in [6, 6.07) is 8.89. The van der Waals surface area contributed by atoms with E-state index in [1.807, 2.05) is 12.1 Å². The predicted molar refractivity (Wildman–Crippen MR) is 74.3 cm³/mol. The van der Waals surface area contributed by atoms with Crippen LogP contribution in [0, 0.1) is 0 Å². The van der Waals surface area contributed by atoms with Crippen LogP contribution in [-0.2, 0) is 16.6 Å². The van der Waals surface area contributed by atoms with Crippen molar-refractivity contribution in [3.8, 4) is 0 Å². The highest BCUT2D eigenvalue weighted by atomic mass is 32.2. The highest BCUT2D eigenvalue weighted by molar-refractivity contribution is 7.92. The molecule has 0 aliphatic heterocycles. The lowest BCUT2D eigenvalue weighted by Crippen LogP contribution is -2.12. The minimum absolute atomic E-state index is 0.433. The molecule has 7 heteroatoms. The lowest BCUT2D eigenvalue weighted by Gasteiger charge is -2.11. The summed E-state index contributed by atoms with van der Waals surface area (Å²) in [7, 11) is -3.29. The van der Waals surface area contributed by atoms with Crippen LogP contribution in [0.3, 0.4) is 0 Å². The molecule has 0 saturated heterocycles. The van der Waals surface area contributed by atoms with Gasteiger partial charge in [0.25, 0.3) is 0 Å². The molecule has 0 aliphatic carbocycles. The average molecular weight is 278 g/mol. The summed E-state index contributed by atoms with van der Waals surface area (Å²) in [6.07, 6.45) is 4.39. The van der Waals surface area contributed by atoms with Gasteiger partial charge in [0.15, 0.2) is 0 Å². The second-order valence-electron chi connectivity index (χ2n) is 3.96. The molecule has 19 heavy (non-hydrogen) atoms. The minimum Gasteiger partial charge on any atom is -0.350 e. The van der Waals surface area contributed by atoms with Crippen molar-refractivity contribution in [1.29, 1.82) is 0 Å². The van der Waals surface area contributed by atoms with Gasteiger partial charge in [0, 0.05) is 18.9 Å². The Morgan fingerprint density at radius 1 is 1.11 bits per heavy atom. The van der Waals surface area contributed by atoms with Crippen LogP contribution < -0.4 is 10.0 Å². The van der Waals surface area contributed by atoms with E-state index in [0.717, 1.165) is 11.8 Å². The van der Waals surface area contributed by atoms with Gasteiger partial charge in [-0.2, -0.15) is 0 Å². The zero-order valence-corrected chi connectivity index (χ0v) is 11.2. The van der Waals surface area contributed by atoms with E-state index in [9.17, 15) is 8.42 Å². The number of para-hydroxylation sites is 1. The molecular weight excluding hydrogens is 264 g/mol. The number of benzene rings is 1. The van der Waals surface area contributed by atoms with Crippen molar-refractivity contribution >= 4 is 21.7 Å². The van der Waals surface area contributed by atoms with Crippen molar-refractivity contribution in [2.45, 2.75) is 6.54 Å². The quantitative estimate of drug-likeness (QED) is 0.865. The maximum atomic E-state index is 11.3. The van der Waals surface area contributed by atoms with Crippen LogP contribution >= 0.6 is 0 Å². The lowest BCUT2D eigenvalue weighted by molar-refractivity contribution is 0.606. The van der Waals surface area contributed by atoms with Gasteiger partial charge in [-0.05, 0) is 17.7 Å². The van der Waals surface area contributed by atoms with E-state index in [2.05, 4.69) is 20.0 Å². The number of rotatable bonds is 5. The highest BCUT2D eigenvalue weighted by Crippen LogP contribution is 2.17. The molecule has 0 atom stereocenters. The van der Waals surface area contributed by atoms with Gasteiger partial charge in [-0.3, -0.25) is 4.72 Å². The molecule has 6 nitrogen and oxygen atoms in total. The topological polar surface area (TPSA) is 84.0 Å². The third kappa shape index (κ3) is 4.22. The number of anilines is 2. The molecule has 2 N–H and O–H groups in total. The zero-order chi connectivity index (χ0) is 13.7. The molecule has 1 aromatic heterocycles. The molecule has 1 heterocycles. The smallest absolute Gasteiger partial charge is 0.229 e. The minimum atomic E-state index is -3.29. The zero-order valence-electron chi connectivity index (χ0n) is 10.4. The fourth-order valence-corrected chi connectivity index (χ4v) is 2.14. The first-order valence-electron chi connectivity index (χ1n) is 5.61. The van der Waals surface area contributed by atoms with Crippen LogP contribution in [0.25, 0.3) is 0 Å². The standard InChI is InChI=1S/C12H14N4O2S/c1-19(17,18)16-11-6-3-2-5-10(11)9-15-12-13-7-4-8-14-12/h2-8,16H,9H2,1H3,(H,13,14,15).